The number of hydrazone groups is 1. The van der Waals surface area contributed by atoms with Gasteiger partial charge in [0.1, 0.15) is 0 Å². The van der Waals surface area contributed by atoms with Gasteiger partial charge in [0.2, 0.25) is 5.91 Å². The van der Waals surface area contributed by atoms with Crippen LogP contribution in [-0.4, -0.2) is 48.7 Å². The molecule has 2 heterocycles. The molecule has 2 aliphatic heterocycles. The van der Waals surface area contributed by atoms with Crippen LogP contribution in [0.1, 0.15) is 31.2 Å². The van der Waals surface area contributed by atoms with Crippen LogP contribution in [0.15, 0.2) is 29.4 Å². The summed E-state index contributed by atoms with van der Waals surface area (Å²) in [5.74, 6) is 0.0144. The lowest BCUT2D eigenvalue weighted by molar-refractivity contribution is -0.889. The molecule has 1 fully saturated rings. The van der Waals surface area contributed by atoms with Gasteiger partial charge in [-0.25, -0.2) is 5.43 Å². The highest BCUT2D eigenvalue weighted by molar-refractivity contribution is 6.04. The van der Waals surface area contributed by atoms with Crippen molar-refractivity contribution in [1.82, 2.24) is 5.43 Å². The fourth-order valence-electron chi connectivity index (χ4n) is 3.23. The van der Waals surface area contributed by atoms with E-state index in [4.69, 9.17) is 0 Å². The van der Waals surface area contributed by atoms with Crippen LogP contribution in [0, 0.1) is 0 Å². The summed E-state index contributed by atoms with van der Waals surface area (Å²) in [5.41, 5.74) is 5.14. The topological polar surface area (TPSA) is 70.6 Å². The molecule has 3 rings (SSSR count). The molecule has 0 unspecified atom stereocenters. The molecule has 0 bridgehead atoms. The van der Waals surface area contributed by atoms with Crippen LogP contribution in [0.2, 0.25) is 0 Å². The first kappa shape index (κ1) is 18.4. The van der Waals surface area contributed by atoms with Crippen LogP contribution < -0.4 is 23.1 Å². The van der Waals surface area contributed by atoms with Gasteiger partial charge in [-0.3, -0.25) is 9.59 Å². The van der Waals surface area contributed by atoms with Gasteiger partial charge in [-0.15, -0.1) is 0 Å². The minimum Gasteiger partial charge on any atom is -1.00 e. The molecule has 0 radical (unpaired) electrons. The maximum atomic E-state index is 12.2. The second-order valence-electron chi connectivity index (χ2n) is 6.65. The number of halogens is 1. The minimum atomic E-state index is -0.0452. The number of carbonyl (C=O) groups is 2. The number of likely N-dealkylation sites (N-methyl/N-ethyl adjacent to an activating group) is 1. The van der Waals surface area contributed by atoms with E-state index in [1.165, 1.54) is 12.8 Å². The van der Waals surface area contributed by atoms with Crippen LogP contribution in [0.5, 0.6) is 0 Å². The average Bonchev–Trinajstić information content (AvgIpc) is 2.95. The predicted octanol–water partition coefficient (Wildman–Crippen LogP) is -1.52. The molecule has 2 aliphatic rings. The Hall–Kier alpha value is -1.92. The van der Waals surface area contributed by atoms with E-state index in [0.717, 1.165) is 34.5 Å². The molecule has 6 nitrogen and oxygen atoms in total. The van der Waals surface area contributed by atoms with Crippen LogP contribution in [0.3, 0.4) is 0 Å². The maximum absolute atomic E-state index is 12.2. The fraction of sp³-hybridized carbons (Fsp3) is 0.471. The molecule has 130 valence electrons. The van der Waals surface area contributed by atoms with Gasteiger partial charge in [-0.1, -0.05) is 12.1 Å². The smallest absolute Gasteiger partial charge is 0.279 e. The molecule has 1 aromatic carbocycles. The SMILES string of the molecule is C[N+]1(CC(=O)Nc2ccc(C3=NNC(=O)CC3)cc2)CCCC1.[Cl-]. The number of hydrogen-bond donors (Lipinski definition) is 2. The standard InChI is InChI=1S/C17H22N4O2.ClH/c1-21(10-2-3-11-21)12-17(23)18-14-6-4-13(5-7-14)15-8-9-16(22)20-19-15;/h4-7H,2-3,8-12H2,1H3,(H-,18,19,20,22,23);1H. The van der Waals surface area contributed by atoms with Crippen molar-refractivity contribution in [2.24, 2.45) is 5.10 Å². The van der Waals surface area contributed by atoms with Crippen LogP contribution in [0.25, 0.3) is 0 Å². The van der Waals surface area contributed by atoms with Gasteiger partial charge in [0.25, 0.3) is 5.91 Å². The first-order chi connectivity index (χ1) is 11.0. The first-order valence-electron chi connectivity index (χ1n) is 8.13. The number of quaternary nitrogens is 1. The van der Waals surface area contributed by atoms with Crippen LogP contribution in [-0.2, 0) is 9.59 Å². The number of likely N-dealkylation sites (tertiary alicyclic amines) is 1. The summed E-state index contributed by atoms with van der Waals surface area (Å²) in [6.07, 6.45) is 3.52. The Balaban J connectivity index is 0.00000208. The number of anilines is 1. The van der Waals surface area contributed by atoms with Crippen molar-refractivity contribution in [2.45, 2.75) is 25.7 Å². The van der Waals surface area contributed by atoms with E-state index >= 15 is 0 Å². The molecular formula is C17H23ClN4O2. The Bertz CT molecular complexity index is 636. The highest BCUT2D eigenvalue weighted by Crippen LogP contribution is 2.17. The lowest BCUT2D eigenvalue weighted by Crippen LogP contribution is -3.00. The Morgan fingerprint density at radius 2 is 1.88 bits per heavy atom. The number of nitrogens with one attached hydrogen (secondary N) is 2. The zero-order valence-electron chi connectivity index (χ0n) is 13.8. The summed E-state index contributed by atoms with van der Waals surface area (Å²) in [7, 11) is 2.14. The van der Waals surface area contributed by atoms with Crippen molar-refractivity contribution in [2.75, 3.05) is 32.0 Å². The third-order valence-electron chi connectivity index (χ3n) is 4.58. The van der Waals surface area contributed by atoms with Crippen molar-refractivity contribution in [3.63, 3.8) is 0 Å². The second-order valence-corrected chi connectivity index (χ2v) is 6.65. The number of carbonyl (C=O) groups excluding carboxylic acids is 2. The Morgan fingerprint density at radius 1 is 1.21 bits per heavy atom. The van der Waals surface area contributed by atoms with Crippen LogP contribution >= 0.6 is 0 Å². The molecular weight excluding hydrogens is 328 g/mol. The van der Waals surface area contributed by atoms with E-state index in [9.17, 15) is 9.59 Å². The lowest BCUT2D eigenvalue weighted by atomic mass is 10.0. The Kier molecular flexibility index (Phi) is 5.96. The number of nitrogens with zero attached hydrogens (tertiary/aromatic N) is 2. The van der Waals surface area contributed by atoms with Crippen molar-refractivity contribution in [3.8, 4) is 0 Å². The summed E-state index contributed by atoms with van der Waals surface area (Å²) in [4.78, 5) is 23.3. The minimum absolute atomic E-state index is 0. The quantitative estimate of drug-likeness (QED) is 0.648. The third kappa shape index (κ3) is 4.55. The van der Waals surface area contributed by atoms with E-state index in [0.29, 0.717) is 19.4 Å². The van der Waals surface area contributed by atoms with Crippen molar-refractivity contribution >= 4 is 23.2 Å². The monoisotopic (exact) mass is 350 g/mol. The molecule has 0 aliphatic carbocycles. The number of benzene rings is 1. The molecule has 7 heteroatoms. The largest absolute Gasteiger partial charge is 1.00 e. The van der Waals surface area contributed by atoms with E-state index in [2.05, 4.69) is 22.9 Å². The number of amides is 2. The van der Waals surface area contributed by atoms with E-state index < -0.39 is 0 Å². The van der Waals surface area contributed by atoms with Gasteiger partial charge in [0.05, 0.1) is 25.8 Å². The molecule has 24 heavy (non-hydrogen) atoms. The van der Waals surface area contributed by atoms with E-state index in [1.54, 1.807) is 0 Å². The first-order valence-corrected chi connectivity index (χ1v) is 8.13. The zero-order valence-corrected chi connectivity index (χ0v) is 14.6. The molecule has 1 saturated heterocycles. The number of hydrogen-bond acceptors (Lipinski definition) is 3. The number of rotatable bonds is 4. The summed E-state index contributed by atoms with van der Waals surface area (Å²) in [6, 6.07) is 7.63. The molecule has 0 saturated carbocycles. The summed E-state index contributed by atoms with van der Waals surface area (Å²) >= 11 is 0. The molecule has 2 amide bonds. The van der Waals surface area contributed by atoms with Crippen molar-refractivity contribution < 1.29 is 26.5 Å². The van der Waals surface area contributed by atoms with Crippen molar-refractivity contribution in [3.05, 3.63) is 29.8 Å². The van der Waals surface area contributed by atoms with Gasteiger partial charge in [-0.05, 0) is 17.7 Å². The van der Waals surface area contributed by atoms with E-state index in [1.807, 2.05) is 24.3 Å². The van der Waals surface area contributed by atoms with Gasteiger partial charge < -0.3 is 22.2 Å². The summed E-state index contributed by atoms with van der Waals surface area (Å²) in [5, 5.41) is 7.04. The summed E-state index contributed by atoms with van der Waals surface area (Å²) in [6.45, 7) is 2.69. The molecule has 0 spiro atoms. The van der Waals surface area contributed by atoms with Gasteiger partial charge in [-0.2, -0.15) is 5.10 Å². The molecule has 2 N–H and O–H groups in total. The zero-order chi connectivity index (χ0) is 16.3. The normalized spacial score (nSPS) is 19.0. The van der Waals surface area contributed by atoms with Gasteiger partial charge in [0, 0.05) is 31.4 Å². The Morgan fingerprint density at radius 3 is 2.46 bits per heavy atom. The predicted molar refractivity (Wildman–Crippen MR) is 89.0 cm³/mol. The maximum Gasteiger partial charge on any atom is 0.279 e. The third-order valence-corrected chi connectivity index (χ3v) is 4.58. The highest BCUT2D eigenvalue weighted by Gasteiger charge is 2.29. The van der Waals surface area contributed by atoms with Gasteiger partial charge >= 0.3 is 0 Å². The van der Waals surface area contributed by atoms with Gasteiger partial charge in [0.15, 0.2) is 6.54 Å². The van der Waals surface area contributed by atoms with Crippen LogP contribution in [0.4, 0.5) is 5.69 Å². The molecule has 0 aromatic heterocycles. The van der Waals surface area contributed by atoms with E-state index in [-0.39, 0.29) is 24.2 Å². The highest BCUT2D eigenvalue weighted by atomic mass is 35.5. The fourth-order valence-corrected chi connectivity index (χ4v) is 3.23. The van der Waals surface area contributed by atoms with Crippen molar-refractivity contribution in [1.29, 1.82) is 0 Å². The molecule has 1 aromatic rings. The lowest BCUT2D eigenvalue weighted by Gasteiger charge is -2.28. The summed E-state index contributed by atoms with van der Waals surface area (Å²) < 4.78 is 0.834. The average molecular weight is 351 g/mol. The Labute approximate surface area is 148 Å². The molecule has 0 atom stereocenters. The second kappa shape index (κ2) is 7.77.